The van der Waals surface area contributed by atoms with Crippen molar-refractivity contribution in [1.29, 1.82) is 0 Å². The monoisotopic (exact) mass is 256 g/mol. The standard InChI is InChI=1S/C13H21O3P/c1-6-8-14-10-13(3,11-15-9-7-2)12-16-17(4)5/h1-2H,8-12H2,3-5H3. The van der Waals surface area contributed by atoms with Crippen LogP contribution in [0.3, 0.4) is 0 Å². The Hall–Kier alpha value is -0.570. The summed E-state index contributed by atoms with van der Waals surface area (Å²) in [5.74, 6) is 4.88. The summed E-state index contributed by atoms with van der Waals surface area (Å²) in [5.41, 5.74) is -0.208. The molecule has 3 nitrogen and oxygen atoms in total. The summed E-state index contributed by atoms with van der Waals surface area (Å²) in [6.07, 6.45) is 10.3. The topological polar surface area (TPSA) is 27.7 Å². The molecule has 0 aromatic heterocycles. The van der Waals surface area contributed by atoms with E-state index in [0.717, 1.165) is 0 Å². The molecule has 0 aliphatic carbocycles. The zero-order valence-corrected chi connectivity index (χ0v) is 11.8. The van der Waals surface area contributed by atoms with Gasteiger partial charge in [-0.25, -0.2) is 0 Å². The van der Waals surface area contributed by atoms with E-state index in [0.29, 0.717) is 33.0 Å². The molecule has 0 bridgehead atoms. The molecular weight excluding hydrogens is 235 g/mol. The second kappa shape index (κ2) is 9.46. The van der Waals surface area contributed by atoms with Crippen molar-refractivity contribution in [2.75, 3.05) is 46.4 Å². The van der Waals surface area contributed by atoms with Crippen LogP contribution in [-0.2, 0) is 14.0 Å². The molecule has 4 heteroatoms. The van der Waals surface area contributed by atoms with Crippen LogP contribution in [0.1, 0.15) is 6.92 Å². The Balaban J connectivity index is 4.15. The molecule has 0 amide bonds. The molecule has 0 saturated carbocycles. The third-order valence-corrected chi connectivity index (χ3v) is 2.59. The molecule has 0 rings (SSSR count). The smallest absolute Gasteiger partial charge is 0.107 e. The Morgan fingerprint density at radius 1 is 1.00 bits per heavy atom. The fourth-order valence-electron chi connectivity index (χ4n) is 1.12. The summed E-state index contributed by atoms with van der Waals surface area (Å²) < 4.78 is 16.4. The van der Waals surface area contributed by atoms with E-state index in [1.54, 1.807) is 0 Å². The largest absolute Gasteiger partial charge is 0.368 e. The fourth-order valence-corrected chi connectivity index (χ4v) is 1.69. The molecule has 0 N–H and O–H groups in total. The molecule has 0 aromatic rings. The predicted molar refractivity (Wildman–Crippen MR) is 72.1 cm³/mol. The lowest BCUT2D eigenvalue weighted by Crippen LogP contribution is -2.34. The number of ether oxygens (including phenoxy) is 2. The van der Waals surface area contributed by atoms with Crippen molar-refractivity contribution in [3.63, 3.8) is 0 Å². The third kappa shape index (κ3) is 9.16. The predicted octanol–water partition coefficient (Wildman–Crippen LogP) is 1.97. The van der Waals surface area contributed by atoms with Crippen molar-refractivity contribution in [1.82, 2.24) is 0 Å². The van der Waals surface area contributed by atoms with Gasteiger partial charge in [0.1, 0.15) is 13.2 Å². The highest BCUT2D eigenvalue weighted by molar-refractivity contribution is 7.50. The maximum atomic E-state index is 5.67. The lowest BCUT2D eigenvalue weighted by Gasteiger charge is -2.29. The first kappa shape index (κ1) is 16.4. The van der Waals surface area contributed by atoms with E-state index in [4.69, 9.17) is 26.8 Å². The van der Waals surface area contributed by atoms with Gasteiger partial charge in [-0.3, -0.25) is 0 Å². The quantitative estimate of drug-likeness (QED) is 0.358. The zero-order valence-electron chi connectivity index (χ0n) is 10.9. The molecule has 0 spiro atoms. The highest BCUT2D eigenvalue weighted by atomic mass is 31.1. The first-order valence-corrected chi connectivity index (χ1v) is 7.52. The van der Waals surface area contributed by atoms with Crippen LogP contribution in [0.5, 0.6) is 0 Å². The van der Waals surface area contributed by atoms with Crippen LogP contribution in [0.2, 0.25) is 0 Å². The van der Waals surface area contributed by atoms with Gasteiger partial charge in [0.25, 0.3) is 0 Å². The van der Waals surface area contributed by atoms with Crippen molar-refractivity contribution in [3.8, 4) is 24.7 Å². The van der Waals surface area contributed by atoms with Crippen LogP contribution in [0.15, 0.2) is 0 Å². The van der Waals surface area contributed by atoms with Crippen molar-refractivity contribution in [2.24, 2.45) is 5.41 Å². The van der Waals surface area contributed by atoms with Crippen LogP contribution in [0.4, 0.5) is 0 Å². The molecule has 0 radical (unpaired) electrons. The number of rotatable bonds is 9. The molecule has 0 fully saturated rings. The van der Waals surface area contributed by atoms with Crippen LogP contribution in [0.25, 0.3) is 0 Å². The maximum absolute atomic E-state index is 5.67. The maximum Gasteiger partial charge on any atom is 0.107 e. The van der Waals surface area contributed by atoms with Gasteiger partial charge in [-0.15, -0.1) is 12.8 Å². The van der Waals surface area contributed by atoms with Crippen molar-refractivity contribution in [3.05, 3.63) is 0 Å². The third-order valence-electron chi connectivity index (χ3n) is 1.94. The Kier molecular flexibility index (Phi) is 9.14. The molecule has 0 aliphatic heterocycles. The number of terminal acetylenes is 2. The highest BCUT2D eigenvalue weighted by Crippen LogP contribution is 2.30. The molecule has 0 heterocycles. The van der Waals surface area contributed by atoms with E-state index < -0.39 is 8.15 Å². The normalized spacial score (nSPS) is 11.2. The van der Waals surface area contributed by atoms with Crippen LogP contribution >= 0.6 is 8.15 Å². The van der Waals surface area contributed by atoms with Gasteiger partial charge in [-0.2, -0.15) is 0 Å². The van der Waals surface area contributed by atoms with Crippen molar-refractivity contribution < 1.29 is 14.0 Å². The van der Waals surface area contributed by atoms with Gasteiger partial charge in [0.15, 0.2) is 0 Å². The number of hydrogen-bond acceptors (Lipinski definition) is 3. The van der Waals surface area contributed by atoms with E-state index in [2.05, 4.69) is 25.2 Å². The van der Waals surface area contributed by atoms with E-state index >= 15 is 0 Å². The van der Waals surface area contributed by atoms with Crippen LogP contribution in [0, 0.1) is 30.1 Å². The summed E-state index contributed by atoms with van der Waals surface area (Å²) >= 11 is 0. The van der Waals surface area contributed by atoms with Gasteiger partial charge in [-0.1, -0.05) is 18.8 Å². The van der Waals surface area contributed by atoms with Crippen LogP contribution < -0.4 is 0 Å². The summed E-state index contributed by atoms with van der Waals surface area (Å²) in [4.78, 5) is 0. The summed E-state index contributed by atoms with van der Waals surface area (Å²) in [5, 5.41) is 0. The molecule has 96 valence electrons. The minimum absolute atomic E-state index is 0.208. The minimum Gasteiger partial charge on any atom is -0.368 e. The Bertz CT molecular complexity index is 255. The zero-order chi connectivity index (χ0) is 13.1. The van der Waals surface area contributed by atoms with Gasteiger partial charge in [0, 0.05) is 13.6 Å². The Morgan fingerprint density at radius 3 is 1.82 bits per heavy atom. The fraction of sp³-hybridized carbons (Fsp3) is 0.692. The minimum atomic E-state index is -0.394. The SMILES string of the molecule is C#CCOCC(C)(COCC#C)COP(C)C. The second-order valence-corrected chi connectivity index (χ2v) is 6.17. The summed E-state index contributed by atoms with van der Waals surface area (Å²) in [6, 6.07) is 0. The highest BCUT2D eigenvalue weighted by Gasteiger charge is 2.26. The van der Waals surface area contributed by atoms with E-state index in [-0.39, 0.29) is 5.41 Å². The van der Waals surface area contributed by atoms with Crippen molar-refractivity contribution in [2.45, 2.75) is 6.92 Å². The average molecular weight is 256 g/mol. The molecule has 0 atom stereocenters. The van der Waals surface area contributed by atoms with Gasteiger partial charge in [0.2, 0.25) is 0 Å². The van der Waals surface area contributed by atoms with E-state index in [1.165, 1.54) is 0 Å². The summed E-state index contributed by atoms with van der Waals surface area (Å²) in [6.45, 7) is 8.35. The molecule has 0 aromatic carbocycles. The first-order chi connectivity index (χ1) is 8.04. The molecule has 0 unspecified atom stereocenters. The molecule has 17 heavy (non-hydrogen) atoms. The second-order valence-electron chi connectivity index (χ2n) is 4.29. The lowest BCUT2D eigenvalue weighted by molar-refractivity contribution is -0.0189. The summed E-state index contributed by atoms with van der Waals surface area (Å²) in [7, 11) is -0.394. The molecular formula is C13H21O3P. The lowest BCUT2D eigenvalue weighted by atomic mass is 9.94. The van der Waals surface area contributed by atoms with E-state index in [1.807, 2.05) is 6.92 Å². The average Bonchev–Trinajstić information content (AvgIpc) is 2.27. The molecule has 0 saturated heterocycles. The van der Waals surface area contributed by atoms with Gasteiger partial charge < -0.3 is 14.0 Å². The van der Waals surface area contributed by atoms with Gasteiger partial charge in [0.05, 0.1) is 19.8 Å². The van der Waals surface area contributed by atoms with E-state index in [9.17, 15) is 0 Å². The Labute approximate surface area is 106 Å². The van der Waals surface area contributed by atoms with Crippen molar-refractivity contribution >= 4 is 8.15 Å². The van der Waals surface area contributed by atoms with Gasteiger partial charge in [-0.05, 0) is 13.3 Å². The molecule has 0 aliphatic rings. The van der Waals surface area contributed by atoms with Crippen LogP contribution in [-0.4, -0.2) is 46.4 Å². The first-order valence-electron chi connectivity index (χ1n) is 5.37. The number of hydrogen-bond donors (Lipinski definition) is 0. The Morgan fingerprint density at radius 2 is 1.47 bits per heavy atom. The van der Waals surface area contributed by atoms with Gasteiger partial charge >= 0.3 is 0 Å².